The van der Waals surface area contributed by atoms with Gasteiger partial charge in [0.05, 0.1) is 12.0 Å². The van der Waals surface area contributed by atoms with Gasteiger partial charge in [-0.05, 0) is 36.8 Å². The fourth-order valence-electron chi connectivity index (χ4n) is 3.95. The predicted octanol–water partition coefficient (Wildman–Crippen LogP) is 5.43. The zero-order valence-electron chi connectivity index (χ0n) is 17.6. The molecule has 0 unspecified atom stereocenters. The fraction of sp³-hybridized carbons (Fsp3) is 0.111. The van der Waals surface area contributed by atoms with E-state index in [1.54, 1.807) is 24.3 Å². The van der Waals surface area contributed by atoms with Gasteiger partial charge in [-0.2, -0.15) is 0 Å². The first-order valence-electron chi connectivity index (χ1n) is 10.5. The number of Topliss-reactive ketones (excluding diaryl/α,β-unsaturated/α-hetero) is 1. The molecule has 3 aromatic carbocycles. The summed E-state index contributed by atoms with van der Waals surface area (Å²) in [6.45, 7) is 2.91. The van der Waals surface area contributed by atoms with Crippen molar-refractivity contribution in [1.29, 1.82) is 0 Å². The number of allylic oxidation sites excluding steroid dienone is 1. The van der Waals surface area contributed by atoms with Gasteiger partial charge in [-0.25, -0.2) is 0 Å². The SMILES string of the molecule is CCn1cc(/C=C2\Oc3cc(OC(=O)Cc4ccccc4)ccc3C2=O)c2ccccc21. The largest absolute Gasteiger partial charge is 0.452 e. The smallest absolute Gasteiger partial charge is 0.315 e. The van der Waals surface area contributed by atoms with Crippen LogP contribution in [0.4, 0.5) is 0 Å². The van der Waals surface area contributed by atoms with Crippen LogP contribution in [0.15, 0.2) is 84.8 Å². The quantitative estimate of drug-likeness (QED) is 0.244. The maximum absolute atomic E-state index is 12.9. The number of carbonyl (C=O) groups is 2. The van der Waals surface area contributed by atoms with Crippen LogP contribution < -0.4 is 9.47 Å². The van der Waals surface area contributed by atoms with Crippen molar-refractivity contribution < 1.29 is 19.1 Å². The number of fused-ring (bicyclic) bond motifs is 2. The van der Waals surface area contributed by atoms with E-state index in [1.807, 2.05) is 54.7 Å². The van der Waals surface area contributed by atoms with Crippen LogP contribution in [0.25, 0.3) is 17.0 Å². The Balaban J connectivity index is 1.38. The summed E-state index contributed by atoms with van der Waals surface area (Å²) < 4.78 is 13.5. The molecule has 0 amide bonds. The molecule has 4 aromatic rings. The third-order valence-electron chi connectivity index (χ3n) is 5.51. The highest BCUT2D eigenvalue weighted by atomic mass is 16.5. The van der Waals surface area contributed by atoms with Gasteiger partial charge in [0.15, 0.2) is 5.76 Å². The average molecular weight is 423 g/mol. The van der Waals surface area contributed by atoms with Gasteiger partial charge in [-0.1, -0.05) is 48.5 Å². The van der Waals surface area contributed by atoms with Crippen molar-refractivity contribution in [1.82, 2.24) is 4.57 Å². The highest BCUT2D eigenvalue weighted by Crippen LogP contribution is 2.36. The van der Waals surface area contributed by atoms with Gasteiger partial charge in [-0.15, -0.1) is 0 Å². The normalized spacial score (nSPS) is 13.9. The summed E-state index contributed by atoms with van der Waals surface area (Å²) in [6.07, 6.45) is 3.97. The minimum absolute atomic E-state index is 0.171. The minimum atomic E-state index is -0.372. The summed E-state index contributed by atoms with van der Waals surface area (Å²) in [5.74, 6) is 0.442. The molecular weight excluding hydrogens is 402 g/mol. The van der Waals surface area contributed by atoms with E-state index in [9.17, 15) is 9.59 Å². The number of hydrogen-bond acceptors (Lipinski definition) is 4. The molecule has 0 bridgehead atoms. The van der Waals surface area contributed by atoms with Crippen molar-refractivity contribution in [2.45, 2.75) is 19.9 Å². The van der Waals surface area contributed by atoms with E-state index < -0.39 is 0 Å². The number of aryl methyl sites for hydroxylation is 1. The molecule has 0 fully saturated rings. The van der Waals surface area contributed by atoms with Crippen LogP contribution in [0.5, 0.6) is 11.5 Å². The molecule has 32 heavy (non-hydrogen) atoms. The molecule has 158 valence electrons. The fourth-order valence-corrected chi connectivity index (χ4v) is 3.95. The lowest BCUT2D eigenvalue weighted by Gasteiger charge is -2.05. The molecule has 1 aliphatic rings. The summed E-state index contributed by atoms with van der Waals surface area (Å²) >= 11 is 0. The van der Waals surface area contributed by atoms with Crippen LogP contribution in [0.3, 0.4) is 0 Å². The number of rotatable bonds is 5. The number of ketones is 1. The Morgan fingerprint density at radius 2 is 1.81 bits per heavy atom. The summed E-state index contributed by atoms with van der Waals surface area (Å²) in [5.41, 5.74) is 3.37. The molecule has 0 radical (unpaired) electrons. The monoisotopic (exact) mass is 423 g/mol. The van der Waals surface area contributed by atoms with E-state index in [2.05, 4.69) is 17.6 Å². The Morgan fingerprint density at radius 1 is 1.03 bits per heavy atom. The molecule has 0 saturated carbocycles. The Bertz CT molecular complexity index is 1370. The number of hydrogen-bond donors (Lipinski definition) is 0. The Kier molecular flexibility index (Phi) is 5.07. The minimum Gasteiger partial charge on any atom is -0.452 e. The topological polar surface area (TPSA) is 57.5 Å². The maximum atomic E-state index is 12.9. The van der Waals surface area contributed by atoms with Gasteiger partial charge in [0.2, 0.25) is 5.78 Å². The van der Waals surface area contributed by atoms with Gasteiger partial charge in [0.25, 0.3) is 0 Å². The second kappa shape index (κ2) is 8.19. The average Bonchev–Trinajstić information content (AvgIpc) is 3.32. The lowest BCUT2D eigenvalue weighted by atomic mass is 10.1. The Morgan fingerprint density at radius 3 is 2.62 bits per heavy atom. The van der Waals surface area contributed by atoms with Gasteiger partial charge < -0.3 is 14.0 Å². The molecule has 1 aliphatic heterocycles. The number of aromatic nitrogens is 1. The van der Waals surface area contributed by atoms with Crippen molar-refractivity contribution in [2.24, 2.45) is 0 Å². The lowest BCUT2D eigenvalue weighted by Crippen LogP contribution is -2.11. The summed E-state index contributed by atoms with van der Waals surface area (Å²) in [4.78, 5) is 25.1. The molecule has 0 spiro atoms. The highest BCUT2D eigenvalue weighted by Gasteiger charge is 2.28. The highest BCUT2D eigenvalue weighted by molar-refractivity contribution is 6.15. The number of para-hydroxylation sites is 1. The zero-order valence-corrected chi connectivity index (χ0v) is 17.6. The molecule has 0 atom stereocenters. The summed E-state index contributed by atoms with van der Waals surface area (Å²) in [7, 11) is 0. The number of benzene rings is 3. The first kappa shape index (κ1) is 19.8. The molecular formula is C27H21NO4. The lowest BCUT2D eigenvalue weighted by molar-refractivity contribution is -0.133. The standard InChI is InChI=1S/C27H21NO4/c1-2-28-17-19(21-10-6-7-11-23(21)28)15-25-27(30)22-13-12-20(16-24(22)32-25)31-26(29)14-18-8-4-3-5-9-18/h3-13,15-17H,2,14H2,1H3/b25-15-. The van der Waals surface area contributed by atoms with Crippen molar-refractivity contribution in [2.75, 3.05) is 0 Å². The molecule has 2 heterocycles. The second-order valence-electron chi connectivity index (χ2n) is 7.62. The van der Waals surface area contributed by atoms with Crippen molar-refractivity contribution >= 4 is 28.7 Å². The van der Waals surface area contributed by atoms with E-state index in [4.69, 9.17) is 9.47 Å². The van der Waals surface area contributed by atoms with Crippen molar-refractivity contribution in [3.8, 4) is 11.5 Å². The van der Waals surface area contributed by atoms with E-state index in [1.165, 1.54) is 0 Å². The van der Waals surface area contributed by atoms with Gasteiger partial charge in [0.1, 0.15) is 11.5 Å². The number of nitrogens with zero attached hydrogens (tertiary/aromatic N) is 1. The van der Waals surface area contributed by atoms with Crippen LogP contribution in [0.1, 0.15) is 28.4 Å². The van der Waals surface area contributed by atoms with Gasteiger partial charge in [-0.3, -0.25) is 9.59 Å². The molecule has 1 aromatic heterocycles. The molecule has 5 rings (SSSR count). The van der Waals surface area contributed by atoms with Crippen LogP contribution >= 0.6 is 0 Å². The van der Waals surface area contributed by atoms with E-state index in [0.29, 0.717) is 17.1 Å². The predicted molar refractivity (Wildman–Crippen MR) is 123 cm³/mol. The first-order chi connectivity index (χ1) is 15.6. The van der Waals surface area contributed by atoms with Gasteiger partial charge >= 0.3 is 5.97 Å². The van der Waals surface area contributed by atoms with Crippen LogP contribution in [0.2, 0.25) is 0 Å². The Labute approximate surface area is 185 Å². The van der Waals surface area contributed by atoms with Crippen molar-refractivity contribution in [3.05, 3.63) is 101 Å². The van der Waals surface area contributed by atoms with E-state index in [0.717, 1.165) is 28.6 Å². The van der Waals surface area contributed by atoms with E-state index >= 15 is 0 Å². The number of carbonyl (C=O) groups excluding carboxylic acids is 2. The van der Waals surface area contributed by atoms with Gasteiger partial charge in [0, 0.05) is 35.3 Å². The first-order valence-corrected chi connectivity index (χ1v) is 10.5. The summed E-state index contributed by atoms with van der Waals surface area (Å²) in [6, 6.07) is 22.3. The third-order valence-corrected chi connectivity index (χ3v) is 5.51. The van der Waals surface area contributed by atoms with Crippen LogP contribution in [0, 0.1) is 0 Å². The second-order valence-corrected chi connectivity index (χ2v) is 7.62. The molecule has 0 N–H and O–H groups in total. The number of esters is 1. The van der Waals surface area contributed by atoms with E-state index in [-0.39, 0.29) is 23.9 Å². The summed E-state index contributed by atoms with van der Waals surface area (Å²) in [5, 5.41) is 1.06. The van der Waals surface area contributed by atoms with Crippen molar-refractivity contribution in [3.63, 3.8) is 0 Å². The maximum Gasteiger partial charge on any atom is 0.315 e. The van der Waals surface area contributed by atoms with Crippen LogP contribution in [-0.4, -0.2) is 16.3 Å². The van der Waals surface area contributed by atoms with Crippen LogP contribution in [-0.2, 0) is 17.8 Å². The molecule has 0 saturated heterocycles. The third kappa shape index (κ3) is 3.69. The number of ether oxygens (including phenoxy) is 2. The molecule has 5 heteroatoms. The molecule has 5 nitrogen and oxygen atoms in total. The molecule has 0 aliphatic carbocycles. The Hall–Kier alpha value is -4.12. The zero-order chi connectivity index (χ0) is 22.1.